The van der Waals surface area contributed by atoms with Crippen LogP contribution in [0.2, 0.25) is 0 Å². The Labute approximate surface area is 181 Å². The second-order valence-electron chi connectivity index (χ2n) is 7.60. The number of carbonyl (C=O) groups excluding carboxylic acids is 2. The minimum atomic E-state index is -0.688. The van der Waals surface area contributed by atoms with E-state index in [9.17, 15) is 14.7 Å². The number of hydrogen-bond donors (Lipinski definition) is 1. The topological polar surface area (TPSA) is 66.8 Å². The van der Waals surface area contributed by atoms with Crippen molar-refractivity contribution < 1.29 is 19.4 Å². The molecule has 3 aromatic rings. The number of ether oxygens (including phenoxy) is 1. The SMILES string of the molecule is CCc1ccc(/C(O)=C2/C(=O)C(=O)N(CCOC)C2c2cccc3ccccc23)cc1. The van der Waals surface area contributed by atoms with Crippen molar-refractivity contribution in [2.75, 3.05) is 20.3 Å². The molecule has 1 amide bonds. The predicted molar refractivity (Wildman–Crippen MR) is 121 cm³/mol. The van der Waals surface area contributed by atoms with Crippen LogP contribution in [-0.4, -0.2) is 42.0 Å². The molecule has 5 heteroatoms. The van der Waals surface area contributed by atoms with Crippen LogP contribution in [0, 0.1) is 0 Å². The number of aryl methyl sites for hydroxylation is 1. The van der Waals surface area contributed by atoms with Gasteiger partial charge in [0.25, 0.3) is 11.7 Å². The molecule has 1 fully saturated rings. The van der Waals surface area contributed by atoms with Crippen LogP contribution in [0.3, 0.4) is 0 Å². The Balaban J connectivity index is 1.92. The van der Waals surface area contributed by atoms with Crippen LogP contribution in [0.15, 0.2) is 72.3 Å². The lowest BCUT2D eigenvalue weighted by atomic mass is 9.91. The number of fused-ring (bicyclic) bond motifs is 1. The molecule has 1 heterocycles. The zero-order chi connectivity index (χ0) is 22.0. The molecular formula is C26H25NO4. The van der Waals surface area contributed by atoms with Gasteiger partial charge >= 0.3 is 0 Å². The Morgan fingerprint density at radius 1 is 1.00 bits per heavy atom. The van der Waals surface area contributed by atoms with Crippen LogP contribution in [0.5, 0.6) is 0 Å². The van der Waals surface area contributed by atoms with Crippen LogP contribution in [0.4, 0.5) is 0 Å². The molecule has 0 spiro atoms. The first-order valence-corrected chi connectivity index (χ1v) is 10.4. The molecule has 5 nitrogen and oxygen atoms in total. The molecule has 0 aromatic heterocycles. The van der Waals surface area contributed by atoms with E-state index in [0.29, 0.717) is 12.2 Å². The van der Waals surface area contributed by atoms with Gasteiger partial charge in [0.2, 0.25) is 0 Å². The van der Waals surface area contributed by atoms with Crippen molar-refractivity contribution in [3.8, 4) is 0 Å². The highest BCUT2D eigenvalue weighted by molar-refractivity contribution is 6.46. The van der Waals surface area contributed by atoms with Crippen molar-refractivity contribution in [1.29, 1.82) is 0 Å². The van der Waals surface area contributed by atoms with Crippen LogP contribution in [0.1, 0.15) is 29.7 Å². The zero-order valence-electron chi connectivity index (χ0n) is 17.7. The van der Waals surface area contributed by atoms with E-state index in [4.69, 9.17) is 4.74 Å². The summed E-state index contributed by atoms with van der Waals surface area (Å²) in [6, 6.07) is 20.4. The second kappa shape index (κ2) is 8.74. The van der Waals surface area contributed by atoms with Gasteiger partial charge in [0.05, 0.1) is 18.2 Å². The van der Waals surface area contributed by atoms with Gasteiger partial charge in [-0.2, -0.15) is 0 Å². The predicted octanol–water partition coefficient (Wildman–Crippen LogP) is 4.47. The number of hydrogen-bond acceptors (Lipinski definition) is 4. The molecule has 1 aliphatic heterocycles. The fourth-order valence-corrected chi connectivity index (χ4v) is 4.17. The third kappa shape index (κ3) is 3.73. The molecular weight excluding hydrogens is 390 g/mol. The molecule has 1 saturated heterocycles. The monoisotopic (exact) mass is 415 g/mol. The molecule has 0 bridgehead atoms. The second-order valence-corrected chi connectivity index (χ2v) is 7.60. The summed E-state index contributed by atoms with van der Waals surface area (Å²) in [6.07, 6.45) is 0.873. The Kier molecular flexibility index (Phi) is 5.87. The molecule has 158 valence electrons. The van der Waals surface area contributed by atoms with Gasteiger partial charge in [-0.25, -0.2) is 0 Å². The molecule has 0 aliphatic carbocycles. The van der Waals surface area contributed by atoms with Crippen LogP contribution < -0.4 is 0 Å². The summed E-state index contributed by atoms with van der Waals surface area (Å²) >= 11 is 0. The maximum Gasteiger partial charge on any atom is 0.295 e. The number of nitrogens with zero attached hydrogens (tertiary/aromatic N) is 1. The lowest BCUT2D eigenvalue weighted by molar-refractivity contribution is -0.140. The van der Waals surface area contributed by atoms with Gasteiger partial charge in [-0.1, -0.05) is 73.7 Å². The van der Waals surface area contributed by atoms with Crippen molar-refractivity contribution in [2.24, 2.45) is 0 Å². The van der Waals surface area contributed by atoms with Crippen molar-refractivity contribution in [3.63, 3.8) is 0 Å². The number of carbonyl (C=O) groups is 2. The van der Waals surface area contributed by atoms with Crippen LogP contribution in [-0.2, 0) is 20.7 Å². The molecule has 1 atom stereocenters. The van der Waals surface area contributed by atoms with Crippen molar-refractivity contribution in [1.82, 2.24) is 4.90 Å². The molecule has 3 aromatic carbocycles. The average Bonchev–Trinajstić information content (AvgIpc) is 3.06. The third-order valence-corrected chi connectivity index (χ3v) is 5.83. The van der Waals surface area contributed by atoms with E-state index in [0.717, 1.165) is 28.3 Å². The Bertz CT molecular complexity index is 1160. The summed E-state index contributed by atoms with van der Waals surface area (Å²) < 4.78 is 5.18. The van der Waals surface area contributed by atoms with Gasteiger partial charge in [0.1, 0.15) is 5.76 Å². The number of amides is 1. The van der Waals surface area contributed by atoms with E-state index in [1.165, 1.54) is 4.90 Å². The van der Waals surface area contributed by atoms with Gasteiger partial charge in [-0.15, -0.1) is 0 Å². The smallest absolute Gasteiger partial charge is 0.295 e. The highest BCUT2D eigenvalue weighted by atomic mass is 16.5. The highest BCUT2D eigenvalue weighted by Crippen LogP contribution is 2.41. The maximum absolute atomic E-state index is 13.1. The molecule has 0 radical (unpaired) electrons. The molecule has 0 saturated carbocycles. The number of likely N-dealkylation sites (tertiary alicyclic amines) is 1. The normalized spacial score (nSPS) is 18.1. The minimum Gasteiger partial charge on any atom is -0.507 e. The van der Waals surface area contributed by atoms with Gasteiger partial charge in [0, 0.05) is 19.2 Å². The number of rotatable bonds is 6. The molecule has 1 unspecified atom stereocenters. The maximum atomic E-state index is 13.1. The van der Waals surface area contributed by atoms with Crippen molar-refractivity contribution in [2.45, 2.75) is 19.4 Å². The van der Waals surface area contributed by atoms with E-state index < -0.39 is 17.7 Å². The largest absolute Gasteiger partial charge is 0.507 e. The summed E-state index contributed by atoms with van der Waals surface area (Å²) in [4.78, 5) is 27.5. The standard InChI is InChI=1S/C26H25NO4/c1-3-17-11-13-19(14-12-17)24(28)22-23(27(15-16-31-2)26(30)25(22)29)21-10-6-8-18-7-4-5-9-20(18)21/h4-14,23,28H,3,15-16H2,1-2H3/b24-22-. The summed E-state index contributed by atoms with van der Waals surface area (Å²) in [5.41, 5.74) is 2.57. The van der Waals surface area contributed by atoms with Gasteiger partial charge in [-0.3, -0.25) is 9.59 Å². The van der Waals surface area contributed by atoms with E-state index in [1.807, 2.05) is 54.6 Å². The zero-order valence-corrected chi connectivity index (χ0v) is 17.7. The summed E-state index contributed by atoms with van der Waals surface area (Å²) in [7, 11) is 1.55. The van der Waals surface area contributed by atoms with Crippen LogP contribution in [0.25, 0.3) is 16.5 Å². The van der Waals surface area contributed by atoms with Crippen molar-refractivity contribution >= 4 is 28.2 Å². The minimum absolute atomic E-state index is 0.113. The Morgan fingerprint density at radius 2 is 1.71 bits per heavy atom. The quantitative estimate of drug-likeness (QED) is 0.366. The Morgan fingerprint density at radius 3 is 2.42 bits per heavy atom. The number of Topliss-reactive ketones (excluding diaryl/α,β-unsaturated/α-hetero) is 1. The first-order valence-electron chi connectivity index (χ1n) is 10.4. The lowest BCUT2D eigenvalue weighted by Crippen LogP contribution is -2.32. The van der Waals surface area contributed by atoms with Crippen molar-refractivity contribution in [3.05, 3.63) is 89.0 Å². The molecule has 1 N–H and O–H groups in total. The van der Waals surface area contributed by atoms with Gasteiger partial charge in [-0.05, 0) is 28.3 Å². The molecule has 1 aliphatic rings. The number of ketones is 1. The first-order chi connectivity index (χ1) is 15.1. The van der Waals surface area contributed by atoms with Gasteiger partial charge < -0.3 is 14.7 Å². The van der Waals surface area contributed by atoms with E-state index >= 15 is 0 Å². The van der Waals surface area contributed by atoms with E-state index in [2.05, 4.69) is 6.92 Å². The molecule has 4 rings (SSSR count). The Hall–Kier alpha value is -3.44. The lowest BCUT2D eigenvalue weighted by Gasteiger charge is -2.26. The van der Waals surface area contributed by atoms with E-state index in [-0.39, 0.29) is 17.9 Å². The highest BCUT2D eigenvalue weighted by Gasteiger charge is 2.46. The fourth-order valence-electron chi connectivity index (χ4n) is 4.17. The molecule has 31 heavy (non-hydrogen) atoms. The number of aliphatic hydroxyl groups is 1. The van der Waals surface area contributed by atoms with Crippen LogP contribution >= 0.6 is 0 Å². The summed E-state index contributed by atoms with van der Waals surface area (Å²) in [5.74, 6) is -1.45. The fraction of sp³-hybridized carbons (Fsp3) is 0.231. The first kappa shape index (κ1) is 20.8. The summed E-state index contributed by atoms with van der Waals surface area (Å²) in [6.45, 7) is 2.59. The van der Waals surface area contributed by atoms with Gasteiger partial charge in [0.15, 0.2) is 0 Å². The third-order valence-electron chi connectivity index (χ3n) is 5.83. The average molecular weight is 415 g/mol. The number of benzene rings is 3. The summed E-state index contributed by atoms with van der Waals surface area (Å²) in [5, 5.41) is 13.1. The van der Waals surface area contributed by atoms with E-state index in [1.54, 1.807) is 19.2 Å². The number of aliphatic hydroxyl groups excluding tert-OH is 1. The number of methoxy groups -OCH3 is 1.